The van der Waals surface area contributed by atoms with Gasteiger partial charge in [-0.05, 0) is 20.8 Å². The molecule has 4 heteroatoms. The summed E-state index contributed by atoms with van der Waals surface area (Å²) in [7, 11) is 1.69. The molecule has 0 amide bonds. The zero-order valence-electron chi connectivity index (χ0n) is 7.83. The van der Waals surface area contributed by atoms with E-state index in [0.29, 0.717) is 0 Å². The quantitative estimate of drug-likeness (QED) is 0.394. The molecule has 0 bridgehead atoms. The largest absolute Gasteiger partial charge is 0.478 e. The fourth-order valence-electron chi connectivity index (χ4n) is 0.680. The molecule has 0 aromatic carbocycles. The van der Waals surface area contributed by atoms with Crippen LogP contribution in [0.5, 0.6) is 0 Å². The number of carboxylic acids is 1. The molecule has 0 heterocycles. The fourth-order valence-corrected chi connectivity index (χ4v) is 0.680. The molecule has 0 atom stereocenters. The monoisotopic (exact) mass is 170 g/mol. The summed E-state index contributed by atoms with van der Waals surface area (Å²) in [5.74, 6) is -0.925. The van der Waals surface area contributed by atoms with Gasteiger partial charge < -0.3 is 5.11 Å². The van der Waals surface area contributed by atoms with Crippen LogP contribution in [0.4, 0.5) is 0 Å². The maximum Gasteiger partial charge on any atom is 0.332 e. The number of hydrazone groups is 1. The van der Waals surface area contributed by atoms with Crippen LogP contribution in [0.1, 0.15) is 20.8 Å². The summed E-state index contributed by atoms with van der Waals surface area (Å²) in [6, 6.07) is 0. The van der Waals surface area contributed by atoms with E-state index >= 15 is 0 Å². The predicted octanol–water partition coefficient (Wildman–Crippen LogP) is 1.30. The molecule has 0 fully saturated rings. The summed E-state index contributed by atoms with van der Waals surface area (Å²) in [4.78, 5) is 10.4. The molecule has 0 spiro atoms. The molecule has 0 saturated heterocycles. The number of hydrogen-bond acceptors (Lipinski definition) is 3. The van der Waals surface area contributed by atoms with E-state index in [1.54, 1.807) is 7.05 Å². The normalized spacial score (nSPS) is 10.8. The lowest BCUT2D eigenvalue weighted by molar-refractivity contribution is -0.132. The van der Waals surface area contributed by atoms with Crippen LogP contribution in [0.3, 0.4) is 0 Å². The standard InChI is InChI=1S/C8H14N2O2/c1-6(2)9-10(4)5-7(3)8(11)12/h5H,1-4H3,(H,11,12)/b7-5+. The highest BCUT2D eigenvalue weighted by molar-refractivity contribution is 5.85. The molecular formula is C8H14N2O2. The first-order valence-electron chi connectivity index (χ1n) is 3.60. The van der Waals surface area contributed by atoms with Crippen molar-refractivity contribution in [3.8, 4) is 0 Å². The third-order valence-electron chi connectivity index (χ3n) is 1.08. The van der Waals surface area contributed by atoms with Gasteiger partial charge >= 0.3 is 5.97 Å². The first kappa shape index (κ1) is 10.7. The van der Waals surface area contributed by atoms with Gasteiger partial charge in [0.05, 0.1) is 5.57 Å². The van der Waals surface area contributed by atoms with Crippen molar-refractivity contribution < 1.29 is 9.90 Å². The van der Waals surface area contributed by atoms with Gasteiger partial charge in [-0.25, -0.2) is 4.79 Å². The lowest BCUT2D eigenvalue weighted by Crippen LogP contribution is -2.08. The third-order valence-corrected chi connectivity index (χ3v) is 1.08. The minimum atomic E-state index is -0.925. The van der Waals surface area contributed by atoms with Gasteiger partial charge in [0, 0.05) is 19.0 Å². The molecule has 12 heavy (non-hydrogen) atoms. The van der Waals surface area contributed by atoms with Crippen molar-refractivity contribution in [3.63, 3.8) is 0 Å². The van der Waals surface area contributed by atoms with E-state index in [1.165, 1.54) is 18.1 Å². The molecule has 4 nitrogen and oxygen atoms in total. The highest BCUT2D eigenvalue weighted by Crippen LogP contribution is 1.96. The first-order chi connectivity index (χ1) is 5.43. The Morgan fingerprint density at radius 3 is 2.25 bits per heavy atom. The van der Waals surface area contributed by atoms with Crippen LogP contribution < -0.4 is 0 Å². The minimum absolute atomic E-state index is 0.266. The van der Waals surface area contributed by atoms with E-state index < -0.39 is 5.97 Å². The average molecular weight is 170 g/mol. The molecule has 1 N–H and O–H groups in total. The van der Waals surface area contributed by atoms with Gasteiger partial charge in [0.25, 0.3) is 0 Å². The van der Waals surface area contributed by atoms with Gasteiger partial charge in [0.2, 0.25) is 0 Å². The Morgan fingerprint density at radius 1 is 1.42 bits per heavy atom. The Hall–Kier alpha value is -1.32. The van der Waals surface area contributed by atoms with Crippen molar-refractivity contribution in [3.05, 3.63) is 11.8 Å². The second-order valence-corrected chi connectivity index (χ2v) is 2.74. The number of carbonyl (C=O) groups is 1. The zero-order chi connectivity index (χ0) is 9.72. The van der Waals surface area contributed by atoms with E-state index in [0.717, 1.165) is 5.71 Å². The molecule has 0 aromatic rings. The lowest BCUT2D eigenvalue weighted by atomic mass is 10.3. The second kappa shape index (κ2) is 4.54. The number of rotatable bonds is 3. The highest BCUT2D eigenvalue weighted by Gasteiger charge is 1.99. The van der Waals surface area contributed by atoms with E-state index in [1.807, 2.05) is 13.8 Å². The summed E-state index contributed by atoms with van der Waals surface area (Å²) in [6.45, 7) is 5.22. The van der Waals surface area contributed by atoms with Crippen molar-refractivity contribution in [2.75, 3.05) is 7.05 Å². The van der Waals surface area contributed by atoms with E-state index in [-0.39, 0.29) is 5.57 Å². The number of carboxylic acid groups (broad SMARTS) is 1. The van der Waals surface area contributed by atoms with Gasteiger partial charge in [0.1, 0.15) is 0 Å². The number of hydrogen-bond donors (Lipinski definition) is 1. The summed E-state index contributed by atoms with van der Waals surface area (Å²) in [6.07, 6.45) is 1.47. The third kappa shape index (κ3) is 4.49. The van der Waals surface area contributed by atoms with Crippen LogP contribution in [0.2, 0.25) is 0 Å². The predicted molar refractivity (Wildman–Crippen MR) is 47.9 cm³/mol. The van der Waals surface area contributed by atoms with Crippen molar-refractivity contribution in [1.29, 1.82) is 0 Å². The number of nitrogens with zero attached hydrogens (tertiary/aromatic N) is 2. The Balaban J connectivity index is 4.34. The molecule has 0 unspecified atom stereocenters. The van der Waals surface area contributed by atoms with Crippen LogP contribution in [0.25, 0.3) is 0 Å². The Labute approximate surface area is 72.2 Å². The zero-order valence-corrected chi connectivity index (χ0v) is 7.83. The Bertz CT molecular complexity index is 227. The smallest absolute Gasteiger partial charge is 0.332 e. The summed E-state index contributed by atoms with van der Waals surface area (Å²) in [5, 5.41) is 14.0. The van der Waals surface area contributed by atoms with Crippen molar-refractivity contribution >= 4 is 11.7 Å². The summed E-state index contributed by atoms with van der Waals surface area (Å²) >= 11 is 0. The van der Waals surface area contributed by atoms with Crippen LogP contribution in [-0.2, 0) is 4.79 Å². The summed E-state index contributed by atoms with van der Waals surface area (Å²) in [5.41, 5.74) is 1.15. The average Bonchev–Trinajstić information content (AvgIpc) is 1.84. The van der Waals surface area contributed by atoms with E-state index in [2.05, 4.69) is 5.10 Å². The molecule has 0 aliphatic carbocycles. The minimum Gasteiger partial charge on any atom is -0.478 e. The van der Waals surface area contributed by atoms with Crippen LogP contribution in [0.15, 0.2) is 16.9 Å². The van der Waals surface area contributed by atoms with Gasteiger partial charge in [-0.2, -0.15) is 5.10 Å². The maximum atomic E-state index is 10.4. The molecule has 0 aliphatic heterocycles. The van der Waals surface area contributed by atoms with Gasteiger partial charge in [-0.15, -0.1) is 0 Å². The first-order valence-corrected chi connectivity index (χ1v) is 3.60. The number of aliphatic carboxylic acids is 1. The Kier molecular flexibility index (Phi) is 4.04. The van der Waals surface area contributed by atoms with Crippen molar-refractivity contribution in [1.82, 2.24) is 5.01 Å². The molecule has 0 saturated carbocycles. The van der Waals surface area contributed by atoms with Crippen molar-refractivity contribution in [2.24, 2.45) is 5.10 Å². The Morgan fingerprint density at radius 2 is 1.92 bits per heavy atom. The summed E-state index contributed by atoms with van der Waals surface area (Å²) < 4.78 is 0. The topological polar surface area (TPSA) is 52.9 Å². The van der Waals surface area contributed by atoms with Gasteiger partial charge in [-0.1, -0.05) is 0 Å². The van der Waals surface area contributed by atoms with Crippen LogP contribution in [0, 0.1) is 0 Å². The maximum absolute atomic E-state index is 10.4. The highest BCUT2D eigenvalue weighted by atomic mass is 16.4. The molecular weight excluding hydrogens is 156 g/mol. The van der Waals surface area contributed by atoms with E-state index in [4.69, 9.17) is 5.11 Å². The molecule has 0 rings (SSSR count). The molecule has 0 radical (unpaired) electrons. The SMILES string of the molecule is CC(C)=NN(C)/C=C(\C)C(=O)O. The van der Waals surface area contributed by atoms with Crippen LogP contribution in [-0.4, -0.2) is 28.8 Å². The fraction of sp³-hybridized carbons (Fsp3) is 0.500. The molecule has 68 valence electrons. The van der Waals surface area contributed by atoms with Gasteiger partial charge in [-0.3, -0.25) is 5.01 Å². The van der Waals surface area contributed by atoms with Crippen molar-refractivity contribution in [2.45, 2.75) is 20.8 Å². The lowest BCUT2D eigenvalue weighted by Gasteiger charge is -2.07. The second-order valence-electron chi connectivity index (χ2n) is 2.74. The van der Waals surface area contributed by atoms with Crippen LogP contribution >= 0.6 is 0 Å². The van der Waals surface area contributed by atoms with E-state index in [9.17, 15) is 4.79 Å². The molecule has 0 aliphatic rings. The molecule has 0 aromatic heterocycles. The van der Waals surface area contributed by atoms with Gasteiger partial charge in [0.15, 0.2) is 0 Å².